The smallest absolute Gasteiger partial charge is 0.303 e. The molecular weight excluding hydrogens is 400 g/mol. The highest BCUT2D eigenvalue weighted by atomic mass is 16.7. The Morgan fingerprint density at radius 2 is 2.03 bits per heavy atom. The van der Waals surface area contributed by atoms with Crippen LogP contribution in [0.15, 0.2) is 11.6 Å². The number of esters is 2. The maximum atomic E-state index is 11.7. The van der Waals surface area contributed by atoms with Gasteiger partial charge in [0.1, 0.15) is 18.3 Å². The van der Waals surface area contributed by atoms with Crippen LogP contribution >= 0.6 is 0 Å². The molecule has 0 amide bonds. The van der Waals surface area contributed by atoms with Gasteiger partial charge in [0, 0.05) is 20.5 Å². The molecule has 0 spiro atoms. The lowest BCUT2D eigenvalue weighted by molar-refractivity contribution is -0.170. The fraction of sp³-hybridized carbons (Fsp3) is 0.833. The van der Waals surface area contributed by atoms with Crippen molar-refractivity contribution in [3.05, 3.63) is 11.6 Å². The van der Waals surface area contributed by atoms with Crippen molar-refractivity contribution in [2.24, 2.45) is 5.92 Å². The number of ether oxygens (including phenoxy) is 5. The number of rotatable bonds is 10. The summed E-state index contributed by atoms with van der Waals surface area (Å²) >= 11 is 0. The summed E-state index contributed by atoms with van der Waals surface area (Å²) in [5, 5.41) is 0. The van der Waals surface area contributed by atoms with Crippen molar-refractivity contribution in [3.8, 4) is 0 Å². The van der Waals surface area contributed by atoms with Crippen LogP contribution < -0.4 is 0 Å². The number of hydrogen-bond acceptors (Lipinski definition) is 7. The second kappa shape index (κ2) is 13.2. The number of hydrogen-bond donors (Lipinski definition) is 0. The predicted molar refractivity (Wildman–Crippen MR) is 116 cm³/mol. The van der Waals surface area contributed by atoms with Crippen LogP contribution in [0.3, 0.4) is 0 Å². The van der Waals surface area contributed by atoms with E-state index in [1.807, 2.05) is 13.0 Å². The van der Waals surface area contributed by atoms with Gasteiger partial charge >= 0.3 is 11.9 Å². The standard InChI is InChI=1S/C24H40O7/c1-18(16-29-23-9-5-6-14-28-23)8-7-13-24(4)22(31-20(3)26)11-10-21(17-30-24)12-15-27-19(2)25/h12,18,22-23H,5-11,13-17H2,1-4H3/b21-12+/t18?,22-,23?,24?/m1/s1. The van der Waals surface area contributed by atoms with Gasteiger partial charge in [0.15, 0.2) is 6.29 Å². The molecule has 0 radical (unpaired) electrons. The van der Waals surface area contributed by atoms with Crippen LogP contribution in [0.4, 0.5) is 0 Å². The molecule has 7 heteroatoms. The van der Waals surface area contributed by atoms with Crippen molar-refractivity contribution >= 4 is 11.9 Å². The van der Waals surface area contributed by atoms with E-state index < -0.39 is 5.60 Å². The van der Waals surface area contributed by atoms with Gasteiger partial charge in [-0.25, -0.2) is 0 Å². The largest absolute Gasteiger partial charge is 0.462 e. The van der Waals surface area contributed by atoms with Gasteiger partial charge in [0.05, 0.1) is 13.2 Å². The van der Waals surface area contributed by atoms with Crippen molar-refractivity contribution in [2.45, 2.75) is 97.1 Å². The predicted octanol–water partition coefficient (Wildman–Crippen LogP) is 4.33. The van der Waals surface area contributed by atoms with E-state index in [1.54, 1.807) is 0 Å². The highest BCUT2D eigenvalue weighted by Crippen LogP contribution is 2.34. The first-order chi connectivity index (χ1) is 14.8. The SMILES string of the molecule is CC(=O)OC/C=C1\CC[C@@H](OC(C)=O)C(C)(CCCC(C)COC2CCCCO2)OC1. The minimum absolute atomic E-state index is 0.0514. The van der Waals surface area contributed by atoms with Crippen molar-refractivity contribution in [3.63, 3.8) is 0 Å². The maximum Gasteiger partial charge on any atom is 0.303 e. The minimum Gasteiger partial charge on any atom is -0.462 e. The average molecular weight is 441 g/mol. The lowest BCUT2D eigenvalue weighted by Crippen LogP contribution is -2.43. The highest BCUT2D eigenvalue weighted by Gasteiger charge is 2.39. The molecule has 0 saturated carbocycles. The molecule has 2 aliphatic rings. The monoisotopic (exact) mass is 440 g/mol. The Balaban J connectivity index is 1.84. The molecule has 2 heterocycles. The molecule has 4 atom stereocenters. The summed E-state index contributed by atoms with van der Waals surface area (Å²) in [6, 6.07) is 0. The van der Waals surface area contributed by atoms with Crippen LogP contribution in [0.2, 0.25) is 0 Å². The summed E-state index contributed by atoms with van der Waals surface area (Å²) in [7, 11) is 0. The van der Waals surface area contributed by atoms with E-state index in [0.717, 1.165) is 50.7 Å². The quantitative estimate of drug-likeness (QED) is 0.369. The normalized spacial score (nSPS) is 29.2. The average Bonchev–Trinajstić information content (AvgIpc) is 2.87. The van der Waals surface area contributed by atoms with Crippen molar-refractivity contribution < 1.29 is 33.3 Å². The van der Waals surface area contributed by atoms with E-state index in [9.17, 15) is 9.59 Å². The molecule has 3 unspecified atom stereocenters. The molecule has 2 saturated heterocycles. The second-order valence-corrected chi connectivity index (χ2v) is 9.03. The maximum absolute atomic E-state index is 11.7. The summed E-state index contributed by atoms with van der Waals surface area (Å²) in [6.45, 7) is 9.24. The summed E-state index contributed by atoms with van der Waals surface area (Å²) in [5.74, 6) is -0.171. The summed E-state index contributed by atoms with van der Waals surface area (Å²) in [6.07, 6.45) is 9.02. The minimum atomic E-state index is -0.546. The number of carbonyl (C=O) groups excluding carboxylic acids is 2. The zero-order valence-electron chi connectivity index (χ0n) is 19.7. The fourth-order valence-electron chi connectivity index (χ4n) is 4.10. The molecule has 2 aliphatic heterocycles. The van der Waals surface area contributed by atoms with Crippen LogP contribution in [0.1, 0.15) is 79.1 Å². The third kappa shape index (κ3) is 9.71. The highest BCUT2D eigenvalue weighted by molar-refractivity contribution is 5.66. The molecule has 31 heavy (non-hydrogen) atoms. The molecule has 0 aromatic rings. The second-order valence-electron chi connectivity index (χ2n) is 9.03. The lowest BCUT2D eigenvalue weighted by Gasteiger charge is -2.35. The summed E-state index contributed by atoms with van der Waals surface area (Å²) in [5.41, 5.74) is 0.520. The first-order valence-corrected chi connectivity index (χ1v) is 11.6. The van der Waals surface area contributed by atoms with E-state index in [2.05, 4.69) is 6.92 Å². The molecule has 0 N–H and O–H groups in total. The molecule has 178 valence electrons. The Bertz CT molecular complexity index is 597. The van der Waals surface area contributed by atoms with Gasteiger partial charge in [-0.15, -0.1) is 0 Å². The molecular formula is C24H40O7. The third-order valence-corrected chi connectivity index (χ3v) is 6.04. The summed E-state index contributed by atoms with van der Waals surface area (Å²) < 4.78 is 28.5. The van der Waals surface area contributed by atoms with Crippen LogP contribution in [0.5, 0.6) is 0 Å². The van der Waals surface area contributed by atoms with Gasteiger partial charge in [-0.2, -0.15) is 0 Å². The zero-order chi connectivity index (χ0) is 22.7. The Morgan fingerprint density at radius 1 is 1.23 bits per heavy atom. The molecule has 2 rings (SSSR count). The number of carbonyl (C=O) groups is 2. The van der Waals surface area contributed by atoms with E-state index in [0.29, 0.717) is 25.6 Å². The van der Waals surface area contributed by atoms with Gasteiger partial charge < -0.3 is 23.7 Å². The first-order valence-electron chi connectivity index (χ1n) is 11.6. The molecule has 7 nitrogen and oxygen atoms in total. The van der Waals surface area contributed by atoms with E-state index >= 15 is 0 Å². The van der Waals surface area contributed by atoms with Crippen molar-refractivity contribution in [2.75, 3.05) is 26.4 Å². The first kappa shape index (κ1) is 25.8. The fourth-order valence-corrected chi connectivity index (χ4v) is 4.10. The summed E-state index contributed by atoms with van der Waals surface area (Å²) in [4.78, 5) is 22.7. The molecule has 2 fully saturated rings. The van der Waals surface area contributed by atoms with Crippen molar-refractivity contribution in [1.29, 1.82) is 0 Å². The van der Waals surface area contributed by atoms with Crippen LogP contribution in [0, 0.1) is 5.92 Å². The zero-order valence-corrected chi connectivity index (χ0v) is 19.7. The van der Waals surface area contributed by atoms with Gasteiger partial charge in [-0.1, -0.05) is 13.3 Å². The van der Waals surface area contributed by atoms with Crippen LogP contribution in [0.25, 0.3) is 0 Å². The molecule has 0 aliphatic carbocycles. The molecule has 0 bridgehead atoms. The Morgan fingerprint density at radius 3 is 2.71 bits per heavy atom. The lowest BCUT2D eigenvalue weighted by atomic mass is 9.88. The topological polar surface area (TPSA) is 80.3 Å². The Labute approximate surface area is 186 Å². The van der Waals surface area contributed by atoms with Crippen molar-refractivity contribution in [1.82, 2.24) is 0 Å². The van der Waals surface area contributed by atoms with E-state index in [4.69, 9.17) is 23.7 Å². The van der Waals surface area contributed by atoms with Gasteiger partial charge in [0.25, 0.3) is 0 Å². The van der Waals surface area contributed by atoms with E-state index in [1.165, 1.54) is 20.3 Å². The molecule has 0 aromatic heterocycles. The van der Waals surface area contributed by atoms with Gasteiger partial charge in [-0.3, -0.25) is 9.59 Å². The van der Waals surface area contributed by atoms with Crippen LogP contribution in [-0.4, -0.2) is 56.4 Å². The van der Waals surface area contributed by atoms with Gasteiger partial charge in [0.2, 0.25) is 0 Å². The molecule has 0 aromatic carbocycles. The van der Waals surface area contributed by atoms with E-state index in [-0.39, 0.29) is 30.9 Å². The Hall–Kier alpha value is -1.44. The van der Waals surface area contributed by atoms with Gasteiger partial charge in [-0.05, 0) is 69.4 Å². The van der Waals surface area contributed by atoms with Crippen LogP contribution in [-0.2, 0) is 33.3 Å². The Kier molecular flexibility index (Phi) is 11.0. The third-order valence-electron chi connectivity index (χ3n) is 6.04.